The molecule has 0 spiro atoms. The normalized spacial score (nSPS) is 25.5. The van der Waals surface area contributed by atoms with Gasteiger partial charge in [-0.1, -0.05) is 11.6 Å². The zero-order valence-electron chi connectivity index (χ0n) is 7.14. The number of rotatable bonds is 2. The van der Waals surface area contributed by atoms with Gasteiger partial charge in [-0.25, -0.2) is 0 Å². The molecular formula is C10H16O. The minimum atomic E-state index is -0.182. The second-order valence-electron chi connectivity index (χ2n) is 3.19. The Bertz CT molecular complexity index is 179. The predicted molar refractivity (Wildman–Crippen MR) is 47.4 cm³/mol. The van der Waals surface area contributed by atoms with E-state index in [2.05, 4.69) is 6.58 Å². The summed E-state index contributed by atoms with van der Waals surface area (Å²) < 4.78 is 0. The van der Waals surface area contributed by atoms with E-state index >= 15 is 0 Å². The molecule has 0 aromatic rings. The fraction of sp³-hybridized carbons (Fsp3) is 0.600. The lowest BCUT2D eigenvalue weighted by Gasteiger charge is -2.21. The van der Waals surface area contributed by atoms with Gasteiger partial charge in [0.1, 0.15) is 0 Å². The summed E-state index contributed by atoms with van der Waals surface area (Å²) in [7, 11) is 0. The van der Waals surface area contributed by atoms with Crippen LogP contribution in [0.3, 0.4) is 0 Å². The fourth-order valence-electron chi connectivity index (χ4n) is 1.60. The van der Waals surface area contributed by atoms with Crippen LogP contribution in [-0.4, -0.2) is 11.2 Å². The number of aliphatic hydroxyl groups excluding tert-OH is 1. The average molecular weight is 152 g/mol. The maximum Gasteiger partial charge on any atom is 0.0750 e. The Hall–Kier alpha value is -0.560. The van der Waals surface area contributed by atoms with Crippen LogP contribution in [0.15, 0.2) is 23.8 Å². The van der Waals surface area contributed by atoms with E-state index in [1.165, 1.54) is 11.1 Å². The van der Waals surface area contributed by atoms with Crippen molar-refractivity contribution in [3.8, 4) is 0 Å². The molecule has 1 rings (SSSR count). The van der Waals surface area contributed by atoms with Crippen LogP contribution in [-0.2, 0) is 0 Å². The molecule has 1 N–H and O–H groups in total. The minimum absolute atomic E-state index is 0.182. The maximum atomic E-state index is 9.48. The van der Waals surface area contributed by atoms with E-state index < -0.39 is 0 Å². The van der Waals surface area contributed by atoms with Crippen LogP contribution in [0.2, 0.25) is 0 Å². The van der Waals surface area contributed by atoms with E-state index in [-0.39, 0.29) is 6.10 Å². The Morgan fingerprint density at radius 1 is 1.73 bits per heavy atom. The highest BCUT2D eigenvalue weighted by atomic mass is 16.3. The zero-order valence-corrected chi connectivity index (χ0v) is 7.14. The van der Waals surface area contributed by atoms with Gasteiger partial charge >= 0.3 is 0 Å². The molecular weight excluding hydrogens is 136 g/mol. The summed E-state index contributed by atoms with van der Waals surface area (Å²) >= 11 is 0. The van der Waals surface area contributed by atoms with Gasteiger partial charge in [-0.15, -0.1) is 6.58 Å². The van der Waals surface area contributed by atoms with Gasteiger partial charge in [0, 0.05) is 0 Å². The van der Waals surface area contributed by atoms with Crippen molar-refractivity contribution in [2.24, 2.45) is 0 Å². The van der Waals surface area contributed by atoms with Crippen molar-refractivity contribution in [1.29, 1.82) is 0 Å². The topological polar surface area (TPSA) is 20.2 Å². The Morgan fingerprint density at radius 3 is 3.09 bits per heavy atom. The van der Waals surface area contributed by atoms with Crippen molar-refractivity contribution in [3.63, 3.8) is 0 Å². The Balaban J connectivity index is 2.71. The molecule has 0 aromatic carbocycles. The van der Waals surface area contributed by atoms with Crippen molar-refractivity contribution < 1.29 is 5.11 Å². The SMILES string of the molecule is C=CCC1=C(C)C(O)CCC1. The largest absolute Gasteiger partial charge is 0.389 e. The Labute approximate surface area is 68.4 Å². The predicted octanol–water partition coefficient (Wildman–Crippen LogP) is 2.42. The smallest absolute Gasteiger partial charge is 0.0750 e. The van der Waals surface area contributed by atoms with Crippen molar-refractivity contribution in [1.82, 2.24) is 0 Å². The van der Waals surface area contributed by atoms with E-state index in [0.29, 0.717) is 0 Å². The van der Waals surface area contributed by atoms with Crippen molar-refractivity contribution >= 4 is 0 Å². The van der Waals surface area contributed by atoms with Crippen LogP contribution in [0.5, 0.6) is 0 Å². The van der Waals surface area contributed by atoms with Crippen LogP contribution in [0, 0.1) is 0 Å². The highest BCUT2D eigenvalue weighted by molar-refractivity contribution is 5.20. The quantitative estimate of drug-likeness (QED) is 0.602. The van der Waals surface area contributed by atoms with Crippen molar-refractivity contribution in [2.45, 2.75) is 38.7 Å². The van der Waals surface area contributed by atoms with Crippen molar-refractivity contribution in [3.05, 3.63) is 23.8 Å². The molecule has 0 bridgehead atoms. The second kappa shape index (κ2) is 3.72. The Kier molecular flexibility index (Phi) is 2.89. The van der Waals surface area contributed by atoms with E-state index in [1.54, 1.807) is 0 Å². The second-order valence-corrected chi connectivity index (χ2v) is 3.19. The third-order valence-corrected chi connectivity index (χ3v) is 2.40. The van der Waals surface area contributed by atoms with E-state index in [1.807, 2.05) is 13.0 Å². The van der Waals surface area contributed by atoms with Gasteiger partial charge in [0.05, 0.1) is 6.10 Å². The molecule has 0 radical (unpaired) electrons. The van der Waals surface area contributed by atoms with Crippen molar-refractivity contribution in [2.75, 3.05) is 0 Å². The molecule has 1 aliphatic rings. The highest BCUT2D eigenvalue weighted by Crippen LogP contribution is 2.26. The molecule has 1 unspecified atom stereocenters. The molecule has 11 heavy (non-hydrogen) atoms. The first kappa shape index (κ1) is 8.54. The summed E-state index contributed by atoms with van der Waals surface area (Å²) in [5.74, 6) is 0. The van der Waals surface area contributed by atoms with Gasteiger partial charge in [0.15, 0.2) is 0 Å². The molecule has 1 aliphatic carbocycles. The molecule has 1 nitrogen and oxygen atoms in total. The molecule has 1 heteroatoms. The molecule has 0 aliphatic heterocycles. The number of allylic oxidation sites excluding steroid dienone is 2. The molecule has 0 amide bonds. The van der Waals surface area contributed by atoms with Gasteiger partial charge in [0.25, 0.3) is 0 Å². The van der Waals surface area contributed by atoms with Gasteiger partial charge in [-0.3, -0.25) is 0 Å². The van der Waals surface area contributed by atoms with Crippen LogP contribution < -0.4 is 0 Å². The van der Waals surface area contributed by atoms with Crippen LogP contribution in [0.4, 0.5) is 0 Å². The summed E-state index contributed by atoms with van der Waals surface area (Å²) in [6.45, 7) is 5.73. The first-order chi connectivity index (χ1) is 5.25. The average Bonchev–Trinajstić information content (AvgIpc) is 1.99. The van der Waals surface area contributed by atoms with Gasteiger partial charge in [-0.05, 0) is 38.2 Å². The standard InChI is InChI=1S/C10H16O/c1-3-5-9-6-4-7-10(11)8(9)2/h3,10-11H,1,4-7H2,2H3. The summed E-state index contributed by atoms with van der Waals surface area (Å²) in [5, 5.41) is 9.48. The molecule has 0 aromatic heterocycles. The number of hydrogen-bond donors (Lipinski definition) is 1. The minimum Gasteiger partial charge on any atom is -0.389 e. The van der Waals surface area contributed by atoms with E-state index in [0.717, 1.165) is 25.7 Å². The summed E-state index contributed by atoms with van der Waals surface area (Å²) in [6, 6.07) is 0. The van der Waals surface area contributed by atoms with Gasteiger partial charge in [-0.2, -0.15) is 0 Å². The molecule has 0 saturated heterocycles. The lowest BCUT2D eigenvalue weighted by atomic mass is 9.89. The lowest BCUT2D eigenvalue weighted by Crippen LogP contribution is -2.14. The van der Waals surface area contributed by atoms with Gasteiger partial charge < -0.3 is 5.11 Å². The third kappa shape index (κ3) is 1.93. The summed E-state index contributed by atoms with van der Waals surface area (Å²) in [6.07, 6.45) is 5.89. The molecule has 0 saturated carbocycles. The maximum absolute atomic E-state index is 9.48. The summed E-state index contributed by atoms with van der Waals surface area (Å²) in [4.78, 5) is 0. The first-order valence-electron chi connectivity index (χ1n) is 4.23. The van der Waals surface area contributed by atoms with E-state index in [4.69, 9.17) is 0 Å². The van der Waals surface area contributed by atoms with Gasteiger partial charge in [0.2, 0.25) is 0 Å². The number of hydrogen-bond acceptors (Lipinski definition) is 1. The Morgan fingerprint density at radius 2 is 2.45 bits per heavy atom. The van der Waals surface area contributed by atoms with Crippen LogP contribution >= 0.6 is 0 Å². The molecule has 1 atom stereocenters. The van der Waals surface area contributed by atoms with Crippen LogP contribution in [0.1, 0.15) is 32.6 Å². The summed E-state index contributed by atoms with van der Waals surface area (Å²) in [5.41, 5.74) is 2.56. The molecule has 62 valence electrons. The fourth-order valence-corrected chi connectivity index (χ4v) is 1.60. The zero-order chi connectivity index (χ0) is 8.27. The third-order valence-electron chi connectivity index (χ3n) is 2.40. The monoisotopic (exact) mass is 152 g/mol. The van der Waals surface area contributed by atoms with E-state index in [9.17, 15) is 5.11 Å². The molecule has 0 fully saturated rings. The molecule has 0 heterocycles. The lowest BCUT2D eigenvalue weighted by molar-refractivity contribution is 0.188. The highest BCUT2D eigenvalue weighted by Gasteiger charge is 2.15. The number of aliphatic hydroxyl groups is 1. The first-order valence-corrected chi connectivity index (χ1v) is 4.23. The van der Waals surface area contributed by atoms with Crippen LogP contribution in [0.25, 0.3) is 0 Å².